The molecule has 0 spiro atoms. The van der Waals surface area contributed by atoms with Gasteiger partial charge in [-0.3, -0.25) is 43.2 Å². The maximum absolute atomic E-state index is 13.9. The van der Waals surface area contributed by atoms with E-state index in [0.29, 0.717) is 46.2 Å². The zero-order valence-electron chi connectivity index (χ0n) is 70.1. The molecule has 1 aliphatic heterocycles. The number of ether oxygens (including phenoxy) is 1. The Bertz CT molecular complexity index is 4350. The summed E-state index contributed by atoms with van der Waals surface area (Å²) in [6, 6.07) is 0. The van der Waals surface area contributed by atoms with Crippen LogP contribution >= 0.6 is 0 Å². The number of Topliss-reactive ketones (excluding diaryl/α,β-unsaturated/α-hetero) is 4. The minimum absolute atomic E-state index is 0. The Kier molecular flexibility index (Phi) is 19.9. The van der Waals surface area contributed by atoms with Crippen LogP contribution in [-0.4, -0.2) is 77.5 Å². The second kappa shape index (κ2) is 26.2. The number of nitrogens with zero attached hydrogens (tertiary/aromatic N) is 1. The first-order valence-electron chi connectivity index (χ1n) is 42.1. The van der Waals surface area contributed by atoms with Crippen LogP contribution in [0.4, 0.5) is 0 Å². The molecule has 9 saturated carbocycles. The van der Waals surface area contributed by atoms with Gasteiger partial charge < -0.3 is 9.64 Å². The van der Waals surface area contributed by atoms with Gasteiger partial charge >= 0.3 is 5.97 Å². The van der Waals surface area contributed by atoms with Crippen LogP contribution in [0.3, 0.4) is 0 Å². The molecule has 11 heteroatoms. The normalized spacial score (nSPS) is 46.4. The molecule has 0 aromatic carbocycles. The van der Waals surface area contributed by atoms with Gasteiger partial charge in [-0.1, -0.05) is 168 Å². The molecule has 1 saturated heterocycles. The molecule has 0 N–H and O–H groups in total. The second-order valence-corrected chi connectivity index (χ2v) is 42.7. The molecule has 11 nitrogen and oxygen atoms in total. The van der Waals surface area contributed by atoms with Gasteiger partial charge in [-0.15, -0.1) is 0 Å². The van der Waals surface area contributed by atoms with Crippen molar-refractivity contribution in [1.29, 1.82) is 0 Å². The third-order valence-electron chi connectivity index (χ3n) is 37.3. The maximum atomic E-state index is 13.9. The molecule has 0 aromatic rings. The number of ketones is 7. The predicted molar refractivity (Wildman–Crippen MR) is 435 cm³/mol. The van der Waals surface area contributed by atoms with Crippen molar-refractivity contribution >= 4 is 52.4 Å². The minimum atomic E-state index is -0.430. The Balaban J connectivity index is 0.000000151. The largest absolute Gasteiger partial charge is 0.469 e. The molecule has 1 heterocycles. The van der Waals surface area contributed by atoms with Crippen molar-refractivity contribution in [2.75, 3.05) is 20.2 Å². The Morgan fingerprint density at radius 2 is 0.661 bits per heavy atom. The number of likely N-dealkylation sites (tertiary alicyclic amines) is 1. The fraction of sp³-hybridized carbons (Fsp3) is 0.724. The maximum Gasteiger partial charge on any atom is 0.311 e. The summed E-state index contributed by atoms with van der Waals surface area (Å²) in [7, 11) is 1.52. The van der Waals surface area contributed by atoms with E-state index in [4.69, 9.17) is 4.74 Å². The molecule has 21 atom stereocenters. The van der Waals surface area contributed by atoms with Crippen molar-refractivity contribution in [1.82, 2.24) is 4.90 Å². The Morgan fingerprint density at radius 1 is 0.385 bits per heavy atom. The fourth-order valence-corrected chi connectivity index (χ4v) is 29.2. The van der Waals surface area contributed by atoms with Crippen LogP contribution in [0.15, 0.2) is 103 Å². The van der Waals surface area contributed by atoms with Crippen LogP contribution in [0.2, 0.25) is 0 Å². The van der Waals surface area contributed by atoms with Crippen molar-refractivity contribution in [2.24, 2.45) is 117 Å². The van der Waals surface area contributed by atoms with E-state index in [1.165, 1.54) is 36.7 Å². The van der Waals surface area contributed by atoms with E-state index in [1.54, 1.807) is 25.2 Å². The third kappa shape index (κ3) is 11.1. The number of esters is 1. The van der Waals surface area contributed by atoms with Crippen molar-refractivity contribution in [3.8, 4) is 0 Å². The van der Waals surface area contributed by atoms with E-state index in [1.807, 2.05) is 20.8 Å². The van der Waals surface area contributed by atoms with Gasteiger partial charge in [0.15, 0.2) is 0 Å². The van der Waals surface area contributed by atoms with Crippen LogP contribution in [0.5, 0.6) is 0 Å². The number of carbonyl (C=O) groups is 9. The van der Waals surface area contributed by atoms with Gasteiger partial charge in [0.05, 0.1) is 12.5 Å². The molecular formula is C98H139NO10. The summed E-state index contributed by atoms with van der Waals surface area (Å²) in [6.45, 7) is 51.8. The number of allylic oxidation sites excluding steroid dienone is 18. The standard InChI is InChI=1S/C34H47NO3.C31H42O4.C31H42O3.2CH4/c1-21-18-25-32(5,23-19-24(36)28(37)22(2)27(21)23)13-15-34(7)26-20-31(4,29(38)35-16-8-9-17-35)11-10-30(26,3)12-14-33(25,34)6;1-18-15-22-29(5,20-16-21(32)25(33)19(2)24(18)20)12-14-31(7)23-17-28(4,26(34)35-8)10-9-27(23,3)11-13-30(22,31)6;1-18-15-23-29(6,21-16-22(33)26(34)19(2)25(18)21)12-14-31(8)24-17-28(5,20(3)32)10-9-27(24,4)11-13-30(23,31)7;;/h18-19,21,26H,8-17,20H2,1-7H3;15-16,18,23H,9-14,17H2,1-8H3;15-16,18,24H,9-14,17H2,1-8H3;2*1H4/t21?,26-,30-,31-,32+,33-,34+;18?,23-,27-,28-,29+,30-,31+;18?,24-,27-,28-,29+,30-,31+;;/m111../s1. The number of fused-ring (bicyclic) bond motifs is 21. The van der Waals surface area contributed by atoms with E-state index in [9.17, 15) is 43.2 Å². The van der Waals surface area contributed by atoms with Gasteiger partial charge in [0.2, 0.25) is 40.6 Å². The molecule has 596 valence electrons. The monoisotopic (exact) mass is 1490 g/mol. The van der Waals surface area contributed by atoms with Gasteiger partial charge in [0.25, 0.3) is 0 Å². The molecule has 10 fully saturated rings. The zero-order valence-corrected chi connectivity index (χ0v) is 70.1. The Labute approximate surface area is 656 Å². The topological polar surface area (TPSA) is 166 Å². The molecular weight excluding hydrogens is 1350 g/mol. The summed E-state index contributed by atoms with van der Waals surface area (Å²) in [6.07, 6.45) is 37.0. The lowest BCUT2D eigenvalue weighted by molar-refractivity contribution is -0.180. The van der Waals surface area contributed by atoms with Crippen LogP contribution in [0.1, 0.15) is 315 Å². The SMILES string of the molecule is C.C.CC(=O)[C@]1(C)CC[C@]2(C)CC[C@]3(C)C4=CC(C)C5=C(C)C(=O)C(=O)C=C5[C@]4(C)CC[C@@]3(C)[C@@H]2C1.CC1=C2C(=CC(=O)C1=O)[C@]1(C)CC[C@@]3(C)[C@@H]4C[C@](C)(C(=O)N5CCCC5)CC[C@]4(C)CC[C@]3(C)C1=CC2C.COC(=O)[C@]1(C)CC[C@]2(C)CC[C@]3(C)C4=CC(C)C5=C(C)C(=O)C(=O)C=C5[C@]4(C)CC[C@@]3(C)[C@@H]2C1. The van der Waals surface area contributed by atoms with Gasteiger partial charge in [-0.05, 0) is 318 Å². The van der Waals surface area contributed by atoms with E-state index < -0.39 is 5.41 Å². The minimum Gasteiger partial charge on any atom is -0.469 e. The highest BCUT2D eigenvalue weighted by Crippen LogP contribution is 2.80. The van der Waals surface area contributed by atoms with Crippen molar-refractivity contribution in [2.45, 2.75) is 315 Å². The van der Waals surface area contributed by atoms with Crippen LogP contribution in [0.25, 0.3) is 0 Å². The quantitative estimate of drug-likeness (QED) is 0.115. The Morgan fingerprint density at radius 3 is 0.963 bits per heavy atom. The summed E-state index contributed by atoms with van der Waals surface area (Å²) in [4.78, 5) is 117. The molecule has 16 rings (SSSR count). The molecule has 3 unspecified atom stereocenters. The van der Waals surface area contributed by atoms with E-state index in [-0.39, 0.29) is 149 Å². The molecule has 0 bridgehead atoms. The number of methoxy groups -OCH3 is 1. The van der Waals surface area contributed by atoms with E-state index in [0.717, 1.165) is 181 Å². The van der Waals surface area contributed by atoms with Gasteiger partial charge in [0.1, 0.15) is 5.78 Å². The first-order valence-corrected chi connectivity index (χ1v) is 42.1. The third-order valence-corrected chi connectivity index (χ3v) is 37.3. The lowest BCUT2D eigenvalue weighted by atomic mass is 9.34. The smallest absolute Gasteiger partial charge is 0.311 e. The number of carbonyl (C=O) groups excluding carboxylic acids is 9. The molecule has 0 radical (unpaired) electrons. The van der Waals surface area contributed by atoms with Crippen LogP contribution < -0.4 is 0 Å². The molecule has 109 heavy (non-hydrogen) atoms. The molecule has 15 aliphatic carbocycles. The summed E-state index contributed by atoms with van der Waals surface area (Å²) in [5.41, 5.74) is 12.4. The van der Waals surface area contributed by atoms with Crippen molar-refractivity contribution < 1.29 is 47.9 Å². The highest BCUT2D eigenvalue weighted by molar-refractivity contribution is 6.49. The number of hydrogen-bond acceptors (Lipinski definition) is 10. The number of hydrogen-bond donors (Lipinski definition) is 0. The first-order chi connectivity index (χ1) is 49.5. The van der Waals surface area contributed by atoms with Crippen molar-refractivity contribution in [3.63, 3.8) is 0 Å². The average Bonchev–Trinajstić information content (AvgIpc) is 0.867. The van der Waals surface area contributed by atoms with E-state index >= 15 is 0 Å². The van der Waals surface area contributed by atoms with Crippen LogP contribution in [0, 0.1) is 117 Å². The molecule has 1 amide bonds. The lowest BCUT2D eigenvalue weighted by Gasteiger charge is -2.70. The molecule has 16 aliphatic rings. The second-order valence-electron chi connectivity index (χ2n) is 42.7. The zero-order chi connectivity index (χ0) is 78.3. The Hall–Kier alpha value is -5.71. The van der Waals surface area contributed by atoms with Crippen LogP contribution in [-0.2, 0) is 47.9 Å². The summed E-state index contributed by atoms with van der Waals surface area (Å²) in [5.74, 6) is 0.375. The predicted octanol–water partition coefficient (Wildman–Crippen LogP) is 21.8. The summed E-state index contributed by atoms with van der Waals surface area (Å²) >= 11 is 0. The lowest BCUT2D eigenvalue weighted by Crippen LogP contribution is -2.63. The first kappa shape index (κ1) is 82.7. The number of rotatable bonds is 3. The highest BCUT2D eigenvalue weighted by Gasteiger charge is 2.72. The summed E-state index contributed by atoms with van der Waals surface area (Å²) in [5, 5.41) is 0. The van der Waals surface area contributed by atoms with Gasteiger partial charge in [0, 0.05) is 56.9 Å². The fourth-order valence-electron chi connectivity index (χ4n) is 29.2. The van der Waals surface area contributed by atoms with Crippen molar-refractivity contribution in [3.05, 3.63) is 103 Å². The van der Waals surface area contributed by atoms with Gasteiger partial charge in [-0.2, -0.15) is 0 Å². The summed E-state index contributed by atoms with van der Waals surface area (Å²) < 4.78 is 5.28. The highest BCUT2D eigenvalue weighted by atomic mass is 16.5. The molecule has 0 aromatic heterocycles. The van der Waals surface area contributed by atoms with Gasteiger partial charge in [-0.25, -0.2) is 0 Å². The van der Waals surface area contributed by atoms with E-state index in [2.05, 4.69) is 148 Å². The number of amides is 1. The average molecular weight is 1490 g/mol.